The van der Waals surface area contributed by atoms with Gasteiger partial charge in [0.25, 0.3) is 5.91 Å². The van der Waals surface area contributed by atoms with Gasteiger partial charge in [0.15, 0.2) is 0 Å². The number of amides is 2. The molecule has 7 heteroatoms. The molecule has 0 fully saturated rings. The second-order valence-corrected chi connectivity index (χ2v) is 5.50. The molecule has 2 amide bonds. The normalized spacial score (nSPS) is 12.1. The minimum Gasteiger partial charge on any atom is -0.478 e. The second kappa shape index (κ2) is 7.58. The zero-order valence-electron chi connectivity index (χ0n) is 12.1. The molecule has 3 N–H and O–H groups in total. The van der Waals surface area contributed by atoms with Crippen molar-refractivity contribution >= 4 is 35.2 Å². The molecule has 114 valence electrons. The Morgan fingerprint density at radius 1 is 1.43 bits per heavy atom. The fourth-order valence-electron chi connectivity index (χ4n) is 1.58. The SMILES string of the molecule is CCNC(=O)C(C)NC(=O)c1cc(C)c(/C=C/C(=O)O)s1. The number of thiophene rings is 1. The molecule has 0 aromatic carbocycles. The van der Waals surface area contributed by atoms with Crippen molar-refractivity contribution in [2.24, 2.45) is 0 Å². The van der Waals surface area contributed by atoms with Gasteiger partial charge < -0.3 is 15.7 Å². The van der Waals surface area contributed by atoms with Crippen LogP contribution >= 0.6 is 11.3 Å². The molecule has 6 nitrogen and oxygen atoms in total. The third-order valence-corrected chi connectivity index (χ3v) is 3.85. The van der Waals surface area contributed by atoms with Crippen LogP contribution in [0, 0.1) is 6.92 Å². The number of hydrogen-bond acceptors (Lipinski definition) is 4. The average Bonchev–Trinajstić information content (AvgIpc) is 2.78. The van der Waals surface area contributed by atoms with Crippen molar-refractivity contribution in [2.75, 3.05) is 6.54 Å². The Morgan fingerprint density at radius 2 is 2.10 bits per heavy atom. The molecular formula is C14H18N2O4S. The summed E-state index contributed by atoms with van der Waals surface area (Å²) in [5.74, 6) is -1.64. The van der Waals surface area contributed by atoms with Crippen LogP contribution in [0.2, 0.25) is 0 Å². The lowest BCUT2D eigenvalue weighted by Gasteiger charge is -2.12. The number of nitrogens with one attached hydrogen (secondary N) is 2. The van der Waals surface area contributed by atoms with Crippen LogP contribution < -0.4 is 10.6 Å². The summed E-state index contributed by atoms with van der Waals surface area (Å²) in [4.78, 5) is 35.2. The largest absolute Gasteiger partial charge is 0.478 e. The summed E-state index contributed by atoms with van der Waals surface area (Å²) in [5, 5.41) is 13.8. The number of aryl methyl sites for hydroxylation is 1. The van der Waals surface area contributed by atoms with Gasteiger partial charge in [0.05, 0.1) is 4.88 Å². The van der Waals surface area contributed by atoms with Gasteiger partial charge in [-0.05, 0) is 38.5 Å². The van der Waals surface area contributed by atoms with Crippen molar-refractivity contribution in [1.82, 2.24) is 10.6 Å². The monoisotopic (exact) mass is 310 g/mol. The van der Waals surface area contributed by atoms with Crippen LogP contribution in [0.3, 0.4) is 0 Å². The van der Waals surface area contributed by atoms with Crippen molar-refractivity contribution in [3.63, 3.8) is 0 Å². The molecule has 0 aliphatic carbocycles. The number of rotatable bonds is 6. The molecule has 1 rings (SSSR count). The Morgan fingerprint density at radius 3 is 2.67 bits per heavy atom. The Balaban J connectivity index is 2.77. The van der Waals surface area contributed by atoms with E-state index in [0.717, 1.165) is 11.6 Å². The van der Waals surface area contributed by atoms with Gasteiger partial charge >= 0.3 is 5.97 Å². The fraction of sp³-hybridized carbons (Fsp3) is 0.357. The highest BCUT2D eigenvalue weighted by Gasteiger charge is 2.17. The molecule has 0 saturated heterocycles. The molecule has 1 atom stereocenters. The predicted molar refractivity (Wildman–Crippen MR) is 81.3 cm³/mol. The Bertz CT molecular complexity index is 578. The van der Waals surface area contributed by atoms with E-state index in [1.165, 1.54) is 17.4 Å². The summed E-state index contributed by atoms with van der Waals surface area (Å²) in [5.41, 5.74) is 0.813. The number of likely N-dealkylation sites (N-methyl/N-ethyl adjacent to an activating group) is 1. The zero-order valence-corrected chi connectivity index (χ0v) is 12.9. The van der Waals surface area contributed by atoms with Crippen molar-refractivity contribution in [1.29, 1.82) is 0 Å². The molecule has 1 heterocycles. The maximum Gasteiger partial charge on any atom is 0.328 e. The standard InChI is InChI=1S/C14H18N2O4S/c1-4-15-13(19)9(3)16-14(20)11-7-8(2)10(21-11)5-6-12(17)18/h5-7,9H,4H2,1-3H3,(H,15,19)(H,16,20)(H,17,18)/b6-5+. The van der Waals surface area contributed by atoms with Crippen LogP contribution in [0.25, 0.3) is 6.08 Å². The maximum absolute atomic E-state index is 12.0. The number of carbonyl (C=O) groups excluding carboxylic acids is 2. The topological polar surface area (TPSA) is 95.5 Å². The van der Waals surface area contributed by atoms with Gasteiger partial charge in [0.2, 0.25) is 5.91 Å². The highest BCUT2D eigenvalue weighted by molar-refractivity contribution is 7.15. The first-order valence-electron chi connectivity index (χ1n) is 6.45. The van der Waals surface area contributed by atoms with Gasteiger partial charge in [-0.15, -0.1) is 11.3 Å². The van der Waals surface area contributed by atoms with Crippen molar-refractivity contribution in [3.05, 3.63) is 27.5 Å². The van der Waals surface area contributed by atoms with Crippen molar-refractivity contribution in [3.8, 4) is 0 Å². The van der Waals surface area contributed by atoms with Crippen LogP contribution in [0.5, 0.6) is 0 Å². The van der Waals surface area contributed by atoms with Gasteiger partial charge in [-0.25, -0.2) is 4.79 Å². The summed E-state index contributed by atoms with van der Waals surface area (Å²) in [7, 11) is 0. The molecule has 1 aromatic heterocycles. The number of carbonyl (C=O) groups is 3. The van der Waals surface area contributed by atoms with E-state index >= 15 is 0 Å². The Labute approximate surface area is 126 Å². The molecular weight excluding hydrogens is 292 g/mol. The summed E-state index contributed by atoms with van der Waals surface area (Å²) in [6.07, 6.45) is 2.48. The highest BCUT2D eigenvalue weighted by atomic mass is 32.1. The lowest BCUT2D eigenvalue weighted by atomic mass is 10.2. The maximum atomic E-state index is 12.0. The summed E-state index contributed by atoms with van der Waals surface area (Å²) in [6.45, 7) is 5.70. The van der Waals surface area contributed by atoms with E-state index in [2.05, 4.69) is 10.6 Å². The number of carboxylic acid groups (broad SMARTS) is 1. The Hall–Kier alpha value is -2.15. The quantitative estimate of drug-likeness (QED) is 0.692. The third kappa shape index (κ3) is 5.03. The van der Waals surface area contributed by atoms with Gasteiger partial charge in [0, 0.05) is 17.5 Å². The van der Waals surface area contributed by atoms with Gasteiger partial charge in [0.1, 0.15) is 6.04 Å². The van der Waals surface area contributed by atoms with E-state index in [-0.39, 0.29) is 11.8 Å². The first-order chi connectivity index (χ1) is 9.85. The van der Waals surface area contributed by atoms with Crippen LogP contribution in [-0.2, 0) is 9.59 Å². The molecule has 0 aliphatic rings. The number of carboxylic acids is 1. The molecule has 21 heavy (non-hydrogen) atoms. The van der Waals surface area contributed by atoms with Crippen molar-refractivity contribution < 1.29 is 19.5 Å². The first-order valence-corrected chi connectivity index (χ1v) is 7.26. The molecule has 1 unspecified atom stereocenters. The predicted octanol–water partition coefficient (Wildman–Crippen LogP) is 1.41. The van der Waals surface area contributed by atoms with Gasteiger partial charge in [-0.2, -0.15) is 0 Å². The van der Waals surface area contributed by atoms with Crippen molar-refractivity contribution in [2.45, 2.75) is 26.8 Å². The molecule has 0 spiro atoms. The molecule has 0 aliphatic heterocycles. The Kier molecular flexibility index (Phi) is 6.10. The van der Waals surface area contributed by atoms with E-state index in [0.29, 0.717) is 16.3 Å². The van der Waals surface area contributed by atoms with E-state index in [9.17, 15) is 14.4 Å². The first kappa shape index (κ1) is 16.9. The number of aliphatic carboxylic acids is 1. The second-order valence-electron chi connectivity index (χ2n) is 4.42. The third-order valence-electron chi connectivity index (χ3n) is 2.65. The van der Waals surface area contributed by atoms with E-state index < -0.39 is 12.0 Å². The van der Waals surface area contributed by atoms with Gasteiger partial charge in [-0.3, -0.25) is 9.59 Å². The zero-order chi connectivity index (χ0) is 16.0. The molecule has 0 saturated carbocycles. The van der Waals surface area contributed by atoms with E-state index in [1.54, 1.807) is 26.8 Å². The van der Waals surface area contributed by atoms with Gasteiger partial charge in [-0.1, -0.05) is 0 Å². The molecule has 1 aromatic rings. The summed E-state index contributed by atoms with van der Waals surface area (Å²) >= 11 is 1.18. The smallest absolute Gasteiger partial charge is 0.328 e. The minimum atomic E-state index is -1.04. The van der Waals surface area contributed by atoms with Crippen LogP contribution in [0.1, 0.15) is 34.0 Å². The summed E-state index contributed by atoms with van der Waals surface area (Å²) in [6, 6.07) is 1.05. The average molecular weight is 310 g/mol. The molecule has 0 bridgehead atoms. The van der Waals surface area contributed by atoms with Crippen LogP contribution in [0.4, 0.5) is 0 Å². The lowest BCUT2D eigenvalue weighted by molar-refractivity contribution is -0.131. The van der Waals surface area contributed by atoms with E-state index in [4.69, 9.17) is 5.11 Å². The van der Waals surface area contributed by atoms with Crippen LogP contribution in [0.15, 0.2) is 12.1 Å². The van der Waals surface area contributed by atoms with E-state index in [1.807, 2.05) is 0 Å². The number of hydrogen-bond donors (Lipinski definition) is 3. The highest BCUT2D eigenvalue weighted by Crippen LogP contribution is 2.23. The minimum absolute atomic E-state index is 0.245. The summed E-state index contributed by atoms with van der Waals surface area (Å²) < 4.78 is 0. The van der Waals surface area contributed by atoms with Crippen LogP contribution in [-0.4, -0.2) is 35.5 Å². The fourth-order valence-corrected chi connectivity index (χ4v) is 2.56. The lowest BCUT2D eigenvalue weighted by Crippen LogP contribution is -2.44. The molecule has 0 radical (unpaired) electrons.